The van der Waals surface area contributed by atoms with Gasteiger partial charge >= 0.3 is 0 Å². The standard InChI is InChI=1S/C12H15F.C11H23N.C8H10.C4H10.C2H6.C2H2/c13-12-9-5-4-8-11(12)10-6-2-1-3-7-10;1-6-7-8-9(2)10(3)11(4)12-5;1-2-8-6-4-3-5-7-8;1-3-4-2;2*1-2/h4-5,8-10H,1-3,6-7H2;11-12H,6-8H2,1-5H3;3-7H,2H2,1H3;3-4H2,1-2H3;1-2H3;1-2H/b;10-9+;;;;. The van der Waals surface area contributed by atoms with E-state index >= 15 is 0 Å². The number of terminal acetylenes is 1. The molecule has 3 rings (SSSR count). The van der Waals surface area contributed by atoms with Crippen LogP contribution in [0.1, 0.15) is 144 Å². The molecule has 0 radical (unpaired) electrons. The minimum atomic E-state index is -0.0191. The smallest absolute Gasteiger partial charge is 0.126 e. The van der Waals surface area contributed by atoms with Gasteiger partial charge in [0.05, 0.1) is 0 Å². The fourth-order valence-electron chi connectivity index (χ4n) is 4.16. The van der Waals surface area contributed by atoms with Gasteiger partial charge in [0.15, 0.2) is 0 Å². The molecule has 1 nitrogen and oxygen atoms in total. The highest BCUT2D eigenvalue weighted by Gasteiger charge is 2.17. The number of nitrogens with one attached hydrogen (secondary N) is 1. The molecule has 2 aromatic rings. The number of likely N-dealkylation sites (N-methyl/N-ethyl adjacent to an activating group) is 1. The summed E-state index contributed by atoms with van der Waals surface area (Å²) in [6.45, 7) is 19.5. The van der Waals surface area contributed by atoms with Crippen LogP contribution >= 0.6 is 0 Å². The Labute approximate surface area is 256 Å². The van der Waals surface area contributed by atoms with E-state index in [1.54, 1.807) is 17.7 Å². The van der Waals surface area contributed by atoms with E-state index in [4.69, 9.17) is 0 Å². The zero-order chi connectivity index (χ0) is 31.9. The molecule has 0 amide bonds. The number of benzene rings is 2. The highest BCUT2D eigenvalue weighted by molar-refractivity contribution is 5.22. The van der Waals surface area contributed by atoms with Crippen LogP contribution in [0.5, 0.6) is 0 Å². The van der Waals surface area contributed by atoms with E-state index in [2.05, 4.69) is 90.9 Å². The molecule has 1 atom stereocenters. The Hall–Kier alpha value is -2.37. The van der Waals surface area contributed by atoms with Crippen molar-refractivity contribution in [2.75, 3.05) is 7.05 Å². The molecule has 2 heteroatoms. The van der Waals surface area contributed by atoms with Gasteiger partial charge in [0, 0.05) is 6.04 Å². The number of unbranched alkanes of at least 4 members (excludes halogenated alkanes) is 2. The zero-order valence-electron chi connectivity index (χ0n) is 28.7. The van der Waals surface area contributed by atoms with Gasteiger partial charge in [0.25, 0.3) is 0 Å². The van der Waals surface area contributed by atoms with Gasteiger partial charge in [-0.1, -0.05) is 140 Å². The van der Waals surface area contributed by atoms with Crippen molar-refractivity contribution in [3.05, 3.63) is 82.7 Å². The van der Waals surface area contributed by atoms with E-state index in [1.165, 1.54) is 75.3 Å². The second-order valence-electron chi connectivity index (χ2n) is 10.3. The van der Waals surface area contributed by atoms with Crippen LogP contribution in [0.2, 0.25) is 0 Å². The van der Waals surface area contributed by atoms with E-state index in [1.807, 2.05) is 39.1 Å². The van der Waals surface area contributed by atoms with E-state index in [-0.39, 0.29) is 5.82 Å². The first kappa shape index (κ1) is 43.1. The Kier molecular flexibility index (Phi) is 33.8. The summed E-state index contributed by atoms with van der Waals surface area (Å²) in [6, 6.07) is 18.2. The predicted molar refractivity (Wildman–Crippen MR) is 186 cm³/mol. The first-order chi connectivity index (χ1) is 19.9. The Morgan fingerprint density at radius 2 is 1.34 bits per heavy atom. The van der Waals surface area contributed by atoms with Crippen LogP contribution in [0.3, 0.4) is 0 Å². The Balaban J connectivity index is -0.000000477. The van der Waals surface area contributed by atoms with Crippen LogP contribution in [0.4, 0.5) is 4.39 Å². The van der Waals surface area contributed by atoms with Crippen molar-refractivity contribution in [1.29, 1.82) is 0 Å². The maximum atomic E-state index is 13.4. The lowest BCUT2D eigenvalue weighted by atomic mass is 9.84. The summed E-state index contributed by atoms with van der Waals surface area (Å²) in [5, 5.41) is 3.26. The van der Waals surface area contributed by atoms with Crippen molar-refractivity contribution in [3.63, 3.8) is 0 Å². The molecule has 2 aromatic carbocycles. The molecular weight excluding hydrogens is 501 g/mol. The van der Waals surface area contributed by atoms with Crippen molar-refractivity contribution in [2.24, 2.45) is 0 Å². The highest BCUT2D eigenvalue weighted by Crippen LogP contribution is 2.33. The van der Waals surface area contributed by atoms with Crippen LogP contribution in [0, 0.1) is 18.7 Å². The largest absolute Gasteiger partial charge is 0.314 e. The van der Waals surface area contributed by atoms with Gasteiger partial charge in [-0.15, -0.1) is 12.8 Å². The van der Waals surface area contributed by atoms with Gasteiger partial charge in [-0.2, -0.15) is 0 Å². The van der Waals surface area contributed by atoms with Crippen molar-refractivity contribution in [1.82, 2.24) is 5.32 Å². The van der Waals surface area contributed by atoms with Gasteiger partial charge in [0.1, 0.15) is 5.82 Å². The lowest BCUT2D eigenvalue weighted by molar-refractivity contribution is 0.430. The normalized spacial score (nSPS) is 13.3. The van der Waals surface area contributed by atoms with Gasteiger partial charge in [-0.25, -0.2) is 4.39 Å². The van der Waals surface area contributed by atoms with Crippen LogP contribution in [0.15, 0.2) is 65.7 Å². The quantitative estimate of drug-likeness (QED) is 0.247. The van der Waals surface area contributed by atoms with Crippen LogP contribution in [-0.2, 0) is 6.42 Å². The number of hydrogen-bond donors (Lipinski definition) is 1. The van der Waals surface area contributed by atoms with Gasteiger partial charge in [0.2, 0.25) is 0 Å². The van der Waals surface area contributed by atoms with Crippen LogP contribution in [-0.4, -0.2) is 13.1 Å². The third-order valence-electron chi connectivity index (χ3n) is 7.36. The first-order valence-corrected chi connectivity index (χ1v) is 16.3. The number of allylic oxidation sites excluding steroid dienone is 1. The van der Waals surface area contributed by atoms with Crippen molar-refractivity contribution in [2.45, 2.75) is 145 Å². The fourth-order valence-corrected chi connectivity index (χ4v) is 4.16. The monoisotopic (exact) mass is 568 g/mol. The molecule has 1 N–H and O–H groups in total. The highest BCUT2D eigenvalue weighted by atomic mass is 19.1. The van der Waals surface area contributed by atoms with Crippen molar-refractivity contribution >= 4 is 0 Å². The van der Waals surface area contributed by atoms with E-state index in [0.29, 0.717) is 12.0 Å². The number of halogens is 1. The van der Waals surface area contributed by atoms with Crippen molar-refractivity contribution in [3.8, 4) is 12.8 Å². The summed E-state index contributed by atoms with van der Waals surface area (Å²) >= 11 is 0. The van der Waals surface area contributed by atoms with Gasteiger partial charge < -0.3 is 5.32 Å². The minimum absolute atomic E-state index is 0.0191. The lowest BCUT2D eigenvalue weighted by Crippen LogP contribution is -2.23. The summed E-state index contributed by atoms with van der Waals surface area (Å²) < 4.78 is 13.4. The van der Waals surface area contributed by atoms with Gasteiger partial charge in [-0.3, -0.25) is 0 Å². The fraction of sp³-hybridized carbons (Fsp3) is 0.590. The first-order valence-electron chi connectivity index (χ1n) is 16.3. The molecule has 1 aliphatic rings. The molecule has 41 heavy (non-hydrogen) atoms. The molecule has 0 bridgehead atoms. The van der Waals surface area contributed by atoms with Crippen molar-refractivity contribution < 1.29 is 4.39 Å². The molecule has 0 aliphatic heterocycles. The molecule has 1 fully saturated rings. The Morgan fingerprint density at radius 1 is 0.829 bits per heavy atom. The molecule has 0 aromatic heterocycles. The Bertz CT molecular complexity index is 844. The molecule has 1 aliphatic carbocycles. The summed E-state index contributed by atoms with van der Waals surface area (Å²) in [7, 11) is 2.02. The average Bonchev–Trinajstić information content (AvgIpc) is 3.06. The summed E-state index contributed by atoms with van der Waals surface area (Å²) in [5.41, 5.74) is 5.40. The number of hydrogen-bond acceptors (Lipinski definition) is 1. The molecular formula is C39H66FN. The third kappa shape index (κ3) is 22.9. The zero-order valence-corrected chi connectivity index (χ0v) is 28.7. The van der Waals surface area contributed by atoms with Crippen LogP contribution in [0.25, 0.3) is 0 Å². The molecule has 1 saturated carbocycles. The second kappa shape index (κ2) is 32.1. The predicted octanol–water partition coefficient (Wildman–Crippen LogP) is 12.3. The Morgan fingerprint density at radius 3 is 1.76 bits per heavy atom. The summed E-state index contributed by atoms with van der Waals surface area (Å²) in [6.07, 6.45) is 21.8. The third-order valence-corrected chi connectivity index (χ3v) is 7.36. The SMILES string of the molecule is C#C.CC.CCCC.CCCC/C(C)=C(\C)C(C)NC.CCc1ccccc1.Fc1ccccc1C1CCCCC1. The number of rotatable bonds is 8. The summed E-state index contributed by atoms with van der Waals surface area (Å²) in [5.74, 6) is 0.462. The second-order valence-corrected chi connectivity index (χ2v) is 10.3. The topological polar surface area (TPSA) is 12.0 Å². The van der Waals surface area contributed by atoms with E-state index in [9.17, 15) is 4.39 Å². The molecule has 0 saturated heterocycles. The minimum Gasteiger partial charge on any atom is -0.314 e. The number of aryl methyl sites for hydroxylation is 1. The lowest BCUT2D eigenvalue weighted by Gasteiger charge is -2.22. The average molecular weight is 568 g/mol. The maximum absolute atomic E-state index is 13.4. The van der Waals surface area contributed by atoms with Crippen LogP contribution < -0.4 is 5.32 Å². The molecule has 234 valence electrons. The summed E-state index contributed by atoms with van der Waals surface area (Å²) in [4.78, 5) is 0. The molecule has 1 unspecified atom stereocenters. The van der Waals surface area contributed by atoms with E-state index in [0.717, 1.165) is 12.0 Å². The molecule has 0 heterocycles. The molecule has 0 spiro atoms. The maximum Gasteiger partial charge on any atom is 0.126 e. The van der Waals surface area contributed by atoms with E-state index < -0.39 is 0 Å². The van der Waals surface area contributed by atoms with Gasteiger partial charge in [-0.05, 0) is 83.0 Å².